The van der Waals surface area contributed by atoms with Crippen LogP contribution in [-0.2, 0) is 10.0 Å². The number of sulfonamides is 1. The summed E-state index contributed by atoms with van der Waals surface area (Å²) < 4.78 is 25.3. The Morgan fingerprint density at radius 3 is 2.41 bits per heavy atom. The van der Waals surface area contributed by atoms with Gasteiger partial charge in [0, 0.05) is 12.2 Å². The van der Waals surface area contributed by atoms with Gasteiger partial charge in [-0.05, 0) is 42.8 Å². The molecule has 1 aliphatic heterocycles. The zero-order valence-corrected chi connectivity index (χ0v) is 15.1. The number of carbonyl (C=O) groups is 1. The van der Waals surface area contributed by atoms with Crippen molar-refractivity contribution >= 4 is 27.3 Å². The smallest absolute Gasteiger partial charge is 0.277 e. The van der Waals surface area contributed by atoms with E-state index in [4.69, 9.17) is 0 Å². The van der Waals surface area contributed by atoms with Crippen molar-refractivity contribution in [3.8, 4) is 5.69 Å². The van der Waals surface area contributed by atoms with Crippen LogP contribution in [-0.4, -0.2) is 41.6 Å². The minimum Gasteiger partial charge on any atom is -0.321 e. The number of hydrogen-bond donors (Lipinski definition) is 1. The molecule has 1 aliphatic rings. The molecule has 8 nitrogen and oxygen atoms in total. The molecule has 138 valence electrons. The molecule has 1 N–H and O–H groups in total. The lowest BCUT2D eigenvalue weighted by molar-refractivity contribution is 0.102. The van der Waals surface area contributed by atoms with Gasteiger partial charge in [0.25, 0.3) is 5.91 Å². The molecule has 1 amide bonds. The Labute approximate surface area is 156 Å². The topological polar surface area (TPSA) is 97.2 Å². The molecule has 27 heavy (non-hydrogen) atoms. The fraction of sp³-hybridized carbons (Fsp3) is 0.167. The third kappa shape index (κ3) is 3.54. The first kappa shape index (κ1) is 17.2. The molecule has 0 aliphatic carbocycles. The second kappa shape index (κ2) is 6.84. The maximum absolute atomic E-state index is 12.4. The Bertz CT molecular complexity index is 1060. The molecule has 2 heterocycles. The van der Waals surface area contributed by atoms with E-state index in [9.17, 15) is 13.2 Å². The highest BCUT2D eigenvalue weighted by Gasteiger charge is 2.28. The Balaban J connectivity index is 1.47. The number of anilines is 2. The molecule has 0 radical (unpaired) electrons. The Morgan fingerprint density at radius 2 is 1.74 bits per heavy atom. The molecule has 0 atom stereocenters. The maximum Gasteiger partial charge on any atom is 0.277 e. The Morgan fingerprint density at radius 1 is 1.00 bits per heavy atom. The molecule has 0 unspecified atom stereocenters. The van der Waals surface area contributed by atoms with Crippen LogP contribution in [0.4, 0.5) is 11.4 Å². The highest BCUT2D eigenvalue weighted by atomic mass is 32.2. The van der Waals surface area contributed by atoms with Crippen LogP contribution in [0, 0.1) is 0 Å². The summed E-state index contributed by atoms with van der Waals surface area (Å²) in [5.74, 6) is -0.221. The van der Waals surface area contributed by atoms with Gasteiger partial charge in [0.05, 0.1) is 23.3 Å². The summed E-state index contributed by atoms with van der Waals surface area (Å²) in [6, 6.07) is 16.0. The van der Waals surface area contributed by atoms with Crippen LogP contribution in [0.1, 0.15) is 16.9 Å². The first-order chi connectivity index (χ1) is 13.0. The number of hydrogen-bond acceptors (Lipinski definition) is 5. The zero-order valence-electron chi connectivity index (χ0n) is 14.3. The minimum absolute atomic E-state index is 0.169. The summed E-state index contributed by atoms with van der Waals surface area (Å²) in [5.41, 5.74) is 2.09. The van der Waals surface area contributed by atoms with Crippen LogP contribution < -0.4 is 9.62 Å². The van der Waals surface area contributed by atoms with E-state index in [1.165, 1.54) is 15.3 Å². The summed E-state index contributed by atoms with van der Waals surface area (Å²) in [6.07, 6.45) is 2.02. The van der Waals surface area contributed by atoms with Gasteiger partial charge in [-0.15, -0.1) is 5.10 Å². The van der Waals surface area contributed by atoms with Crippen LogP contribution in [0.2, 0.25) is 0 Å². The van der Waals surface area contributed by atoms with E-state index in [0.29, 0.717) is 24.3 Å². The largest absolute Gasteiger partial charge is 0.321 e. The second-order valence-corrected chi connectivity index (χ2v) is 8.11. The van der Waals surface area contributed by atoms with E-state index in [1.807, 2.05) is 30.3 Å². The third-order valence-corrected chi connectivity index (χ3v) is 6.09. The standard InChI is InChI=1S/C18H17N5O3S/c24-18(17-13-19-23(21-17)16-5-2-1-3-6-16)20-14-7-9-15(10-8-14)22-11-4-12-27(22,25)26/h1-3,5-10,13H,4,11-12H2,(H,20,24). The number of para-hydroxylation sites is 1. The molecule has 2 aromatic carbocycles. The first-order valence-electron chi connectivity index (χ1n) is 8.42. The lowest BCUT2D eigenvalue weighted by atomic mass is 10.2. The van der Waals surface area contributed by atoms with Crippen molar-refractivity contribution in [2.75, 3.05) is 21.9 Å². The second-order valence-electron chi connectivity index (χ2n) is 6.10. The van der Waals surface area contributed by atoms with Crippen molar-refractivity contribution in [2.24, 2.45) is 0 Å². The lowest BCUT2D eigenvalue weighted by Gasteiger charge is -2.17. The van der Waals surface area contributed by atoms with Gasteiger partial charge >= 0.3 is 0 Å². The van der Waals surface area contributed by atoms with E-state index >= 15 is 0 Å². The molecular formula is C18H17N5O3S. The summed E-state index contributed by atoms with van der Waals surface area (Å²) in [4.78, 5) is 13.8. The monoisotopic (exact) mass is 383 g/mol. The van der Waals surface area contributed by atoms with Gasteiger partial charge in [0.15, 0.2) is 5.69 Å². The molecule has 4 rings (SSSR count). The van der Waals surface area contributed by atoms with Crippen LogP contribution >= 0.6 is 0 Å². The number of nitrogens with zero attached hydrogens (tertiary/aromatic N) is 4. The van der Waals surface area contributed by atoms with E-state index in [2.05, 4.69) is 15.5 Å². The van der Waals surface area contributed by atoms with Gasteiger partial charge in [0.1, 0.15) is 0 Å². The molecule has 1 fully saturated rings. The van der Waals surface area contributed by atoms with Gasteiger partial charge in [0.2, 0.25) is 10.0 Å². The van der Waals surface area contributed by atoms with Crippen LogP contribution in [0.3, 0.4) is 0 Å². The number of amides is 1. The Kier molecular flexibility index (Phi) is 4.36. The molecule has 9 heteroatoms. The van der Waals surface area contributed by atoms with Crippen molar-refractivity contribution in [2.45, 2.75) is 6.42 Å². The SMILES string of the molecule is O=C(Nc1ccc(N2CCCS2(=O)=O)cc1)c1cnn(-c2ccccc2)n1. The minimum atomic E-state index is -3.22. The van der Waals surface area contributed by atoms with E-state index in [0.717, 1.165) is 5.69 Å². The maximum atomic E-state index is 12.4. The van der Waals surface area contributed by atoms with Crippen molar-refractivity contribution in [1.82, 2.24) is 15.0 Å². The van der Waals surface area contributed by atoms with Gasteiger partial charge in [-0.1, -0.05) is 18.2 Å². The quantitative estimate of drug-likeness (QED) is 0.744. The average molecular weight is 383 g/mol. The first-order valence-corrected chi connectivity index (χ1v) is 10.0. The van der Waals surface area contributed by atoms with E-state index in [-0.39, 0.29) is 11.4 Å². The molecule has 1 aromatic heterocycles. The number of aromatic nitrogens is 3. The van der Waals surface area contributed by atoms with E-state index in [1.54, 1.807) is 24.3 Å². The van der Waals surface area contributed by atoms with E-state index < -0.39 is 15.9 Å². The average Bonchev–Trinajstić information content (AvgIpc) is 3.30. The predicted molar refractivity (Wildman–Crippen MR) is 102 cm³/mol. The molecular weight excluding hydrogens is 366 g/mol. The molecule has 3 aromatic rings. The third-order valence-electron chi connectivity index (χ3n) is 4.22. The van der Waals surface area contributed by atoms with Crippen molar-refractivity contribution in [3.63, 3.8) is 0 Å². The summed E-state index contributed by atoms with van der Waals surface area (Å²) >= 11 is 0. The normalized spacial score (nSPS) is 15.6. The molecule has 0 bridgehead atoms. The molecule has 0 spiro atoms. The van der Waals surface area contributed by atoms with Gasteiger partial charge in [-0.25, -0.2) is 8.42 Å². The predicted octanol–water partition coefficient (Wildman–Crippen LogP) is 2.06. The fourth-order valence-electron chi connectivity index (χ4n) is 2.89. The Hall–Kier alpha value is -3.20. The number of benzene rings is 2. The zero-order chi connectivity index (χ0) is 18.9. The molecule has 1 saturated heterocycles. The number of nitrogens with one attached hydrogen (secondary N) is 1. The van der Waals surface area contributed by atoms with Crippen LogP contribution in [0.15, 0.2) is 60.8 Å². The van der Waals surface area contributed by atoms with Crippen molar-refractivity contribution in [1.29, 1.82) is 0 Å². The molecule has 0 saturated carbocycles. The fourth-order valence-corrected chi connectivity index (χ4v) is 4.45. The van der Waals surface area contributed by atoms with Gasteiger partial charge in [-0.3, -0.25) is 9.10 Å². The highest BCUT2D eigenvalue weighted by Crippen LogP contribution is 2.25. The highest BCUT2D eigenvalue weighted by molar-refractivity contribution is 7.93. The lowest BCUT2D eigenvalue weighted by Crippen LogP contribution is -2.25. The van der Waals surface area contributed by atoms with Crippen LogP contribution in [0.5, 0.6) is 0 Å². The van der Waals surface area contributed by atoms with Crippen molar-refractivity contribution in [3.05, 3.63) is 66.5 Å². The number of rotatable bonds is 4. The van der Waals surface area contributed by atoms with Gasteiger partial charge < -0.3 is 5.32 Å². The van der Waals surface area contributed by atoms with Gasteiger partial charge in [-0.2, -0.15) is 9.90 Å². The van der Waals surface area contributed by atoms with Crippen molar-refractivity contribution < 1.29 is 13.2 Å². The van der Waals surface area contributed by atoms with Crippen LogP contribution in [0.25, 0.3) is 5.69 Å². The number of carbonyl (C=O) groups excluding carboxylic acids is 1. The summed E-state index contributed by atoms with van der Waals surface area (Å²) in [7, 11) is -3.22. The summed E-state index contributed by atoms with van der Waals surface area (Å²) in [5, 5.41) is 11.0. The summed E-state index contributed by atoms with van der Waals surface area (Å²) in [6.45, 7) is 0.483.